The summed E-state index contributed by atoms with van der Waals surface area (Å²) in [6.45, 7) is 2.65. The average Bonchev–Trinajstić information content (AvgIpc) is 3.57. The lowest BCUT2D eigenvalue weighted by Gasteiger charge is -2.23. The van der Waals surface area contributed by atoms with Gasteiger partial charge in [-0.3, -0.25) is 0 Å². The summed E-state index contributed by atoms with van der Waals surface area (Å²) in [6.07, 6.45) is 2.80. The van der Waals surface area contributed by atoms with Gasteiger partial charge in [-0.15, -0.1) is 8.78 Å². The lowest BCUT2D eigenvalue weighted by Crippen LogP contribution is -2.26. The molecule has 186 valence electrons. The number of hydrogen-bond acceptors (Lipinski definition) is 7. The molecule has 0 unspecified atom stereocenters. The van der Waals surface area contributed by atoms with Crippen molar-refractivity contribution in [2.75, 3.05) is 7.11 Å². The van der Waals surface area contributed by atoms with E-state index in [2.05, 4.69) is 19.8 Å². The molecule has 36 heavy (non-hydrogen) atoms. The molecule has 0 saturated heterocycles. The highest BCUT2D eigenvalue weighted by molar-refractivity contribution is 5.52. The molecule has 0 fully saturated rings. The van der Waals surface area contributed by atoms with Gasteiger partial charge in [0.05, 0.1) is 19.1 Å². The first-order valence-corrected chi connectivity index (χ1v) is 11.8. The second kappa shape index (κ2) is 8.58. The lowest BCUT2D eigenvalue weighted by atomic mass is 9.90. The molecule has 6 rings (SSSR count). The third kappa shape index (κ3) is 4.04. The summed E-state index contributed by atoms with van der Waals surface area (Å²) in [7, 11) is 1.59. The minimum Gasteiger partial charge on any atom is -0.479 e. The highest BCUT2D eigenvalue weighted by Gasteiger charge is 2.45. The van der Waals surface area contributed by atoms with Crippen LogP contribution in [0.5, 0.6) is 17.4 Å². The molecular formula is C25H24F2N6O3. The van der Waals surface area contributed by atoms with E-state index in [0.29, 0.717) is 30.1 Å². The van der Waals surface area contributed by atoms with Crippen LogP contribution in [-0.2, 0) is 19.4 Å². The fourth-order valence-electron chi connectivity index (χ4n) is 4.81. The molecular weight excluding hydrogens is 470 g/mol. The van der Waals surface area contributed by atoms with Crippen LogP contribution in [0.15, 0.2) is 42.9 Å². The topological polar surface area (TPSA) is 89.1 Å². The monoisotopic (exact) mass is 494 g/mol. The summed E-state index contributed by atoms with van der Waals surface area (Å²) in [5.41, 5.74) is 3.21. The highest BCUT2D eigenvalue weighted by atomic mass is 19.3. The van der Waals surface area contributed by atoms with Crippen molar-refractivity contribution in [1.29, 1.82) is 0 Å². The minimum absolute atomic E-state index is 0.0451. The van der Waals surface area contributed by atoms with Crippen molar-refractivity contribution < 1.29 is 23.0 Å². The number of alkyl halides is 2. The maximum Gasteiger partial charge on any atom is 0.586 e. The number of fused-ring (bicyclic) bond motifs is 2. The molecule has 11 heteroatoms. The van der Waals surface area contributed by atoms with Crippen LogP contribution in [0.25, 0.3) is 5.69 Å². The van der Waals surface area contributed by atoms with Crippen LogP contribution < -0.4 is 14.2 Å². The van der Waals surface area contributed by atoms with E-state index in [4.69, 9.17) is 14.5 Å². The molecule has 3 aromatic heterocycles. The fourth-order valence-corrected chi connectivity index (χ4v) is 4.81. The lowest BCUT2D eigenvalue weighted by molar-refractivity contribution is -0.287. The van der Waals surface area contributed by atoms with Crippen LogP contribution >= 0.6 is 0 Å². The normalized spacial score (nSPS) is 17.7. The molecule has 1 atom stereocenters. The van der Waals surface area contributed by atoms with Gasteiger partial charge in [0, 0.05) is 36.3 Å². The third-order valence-corrected chi connectivity index (χ3v) is 6.44. The van der Waals surface area contributed by atoms with E-state index in [1.54, 1.807) is 25.6 Å². The molecule has 9 nitrogen and oxygen atoms in total. The number of imidazole rings is 1. The Labute approximate surface area is 205 Å². The van der Waals surface area contributed by atoms with Gasteiger partial charge in [-0.05, 0) is 44.4 Å². The number of methoxy groups -OCH3 is 1. The van der Waals surface area contributed by atoms with Crippen molar-refractivity contribution in [1.82, 2.24) is 29.3 Å². The number of ether oxygens (including phenoxy) is 3. The molecule has 2 aliphatic heterocycles. The molecule has 4 aromatic rings. The van der Waals surface area contributed by atoms with Gasteiger partial charge in [0.1, 0.15) is 11.5 Å². The fraction of sp³-hybridized carbons (Fsp3) is 0.360. The number of nitrogens with zero attached hydrogens (tertiary/aromatic N) is 6. The van der Waals surface area contributed by atoms with Gasteiger partial charge >= 0.3 is 6.29 Å². The minimum atomic E-state index is -3.66. The molecule has 0 saturated carbocycles. The zero-order valence-electron chi connectivity index (χ0n) is 19.8. The van der Waals surface area contributed by atoms with Crippen LogP contribution in [-0.4, -0.2) is 42.7 Å². The molecule has 0 N–H and O–H groups in total. The SMILES string of the molecule is COc1nc(CCc2nc3n(n2)CCC[C@H]3c2cccc3c2OC(F)(F)O3)ccc1-n1cnc(C)c1. The Balaban J connectivity index is 1.22. The molecule has 0 amide bonds. The van der Waals surface area contributed by atoms with Gasteiger partial charge < -0.3 is 18.8 Å². The van der Waals surface area contributed by atoms with Crippen molar-refractivity contribution in [3.8, 4) is 23.1 Å². The Morgan fingerprint density at radius 3 is 2.83 bits per heavy atom. The number of pyridine rings is 1. The molecule has 5 heterocycles. The van der Waals surface area contributed by atoms with Crippen molar-refractivity contribution in [3.63, 3.8) is 0 Å². The van der Waals surface area contributed by atoms with E-state index in [0.717, 1.165) is 42.3 Å². The van der Waals surface area contributed by atoms with E-state index in [1.807, 2.05) is 34.5 Å². The number of rotatable bonds is 6. The van der Waals surface area contributed by atoms with Gasteiger partial charge in [-0.1, -0.05) is 12.1 Å². The summed E-state index contributed by atoms with van der Waals surface area (Å²) in [5.74, 6) is 1.86. The number of halogens is 2. The Morgan fingerprint density at radius 1 is 1.14 bits per heavy atom. The molecule has 1 aromatic carbocycles. The average molecular weight is 495 g/mol. The number of aryl methyl sites for hydroxylation is 4. The molecule has 0 spiro atoms. The number of benzene rings is 1. The number of aromatic nitrogens is 6. The van der Waals surface area contributed by atoms with Crippen molar-refractivity contribution in [3.05, 3.63) is 71.5 Å². The first kappa shape index (κ1) is 22.4. The van der Waals surface area contributed by atoms with Gasteiger partial charge in [0.15, 0.2) is 17.3 Å². The van der Waals surface area contributed by atoms with Gasteiger partial charge in [-0.2, -0.15) is 5.10 Å². The van der Waals surface area contributed by atoms with E-state index < -0.39 is 6.29 Å². The summed E-state index contributed by atoms with van der Waals surface area (Å²) < 4.78 is 46.2. The predicted octanol–water partition coefficient (Wildman–Crippen LogP) is 4.21. The zero-order valence-corrected chi connectivity index (χ0v) is 19.8. The first-order chi connectivity index (χ1) is 17.4. The van der Waals surface area contributed by atoms with Gasteiger partial charge in [-0.25, -0.2) is 19.6 Å². The molecule has 0 radical (unpaired) electrons. The Morgan fingerprint density at radius 2 is 2.03 bits per heavy atom. The van der Waals surface area contributed by atoms with E-state index >= 15 is 0 Å². The van der Waals surface area contributed by atoms with Crippen LogP contribution in [0, 0.1) is 6.92 Å². The van der Waals surface area contributed by atoms with Gasteiger partial charge in [0.25, 0.3) is 0 Å². The smallest absolute Gasteiger partial charge is 0.479 e. The quantitative estimate of drug-likeness (QED) is 0.397. The Kier molecular flexibility index (Phi) is 5.35. The Hall–Kier alpha value is -4.02. The molecule has 0 bridgehead atoms. The molecule has 0 aliphatic carbocycles. The highest BCUT2D eigenvalue weighted by Crippen LogP contribution is 2.48. The number of para-hydroxylation sites is 1. The molecule has 2 aliphatic rings. The van der Waals surface area contributed by atoms with Crippen LogP contribution in [0.4, 0.5) is 8.78 Å². The van der Waals surface area contributed by atoms with Crippen molar-refractivity contribution >= 4 is 0 Å². The summed E-state index contributed by atoms with van der Waals surface area (Å²) in [5, 5.41) is 4.69. The first-order valence-electron chi connectivity index (χ1n) is 11.8. The van der Waals surface area contributed by atoms with Crippen molar-refractivity contribution in [2.45, 2.75) is 51.4 Å². The summed E-state index contributed by atoms with van der Waals surface area (Å²) >= 11 is 0. The zero-order chi connectivity index (χ0) is 24.9. The third-order valence-electron chi connectivity index (χ3n) is 6.44. The standard InChI is InChI=1S/C25H24F2N6O3/c1-15-13-32(14-28-15)19-10-8-16(29-24(19)34-2)9-11-21-30-23-18(6-4-12-33(23)31-21)17-5-3-7-20-22(17)36-25(26,27)35-20/h3,5,7-8,10,13-14,18H,4,6,9,11-12H2,1-2H3/t18-/m0/s1. The van der Waals surface area contributed by atoms with Gasteiger partial charge in [0.2, 0.25) is 5.88 Å². The maximum absolute atomic E-state index is 13.7. The summed E-state index contributed by atoms with van der Waals surface area (Å²) in [6, 6.07) is 8.88. The van der Waals surface area contributed by atoms with Crippen molar-refractivity contribution in [2.24, 2.45) is 0 Å². The van der Waals surface area contributed by atoms with E-state index in [9.17, 15) is 8.78 Å². The predicted molar refractivity (Wildman–Crippen MR) is 124 cm³/mol. The maximum atomic E-state index is 13.7. The van der Waals surface area contributed by atoms with Crippen LogP contribution in [0.3, 0.4) is 0 Å². The number of hydrogen-bond donors (Lipinski definition) is 0. The van der Waals surface area contributed by atoms with E-state index in [-0.39, 0.29) is 17.4 Å². The second-order valence-corrected chi connectivity index (χ2v) is 8.90. The Bertz CT molecular complexity index is 1430. The van der Waals surface area contributed by atoms with Crippen LogP contribution in [0.1, 0.15) is 47.4 Å². The largest absolute Gasteiger partial charge is 0.586 e. The van der Waals surface area contributed by atoms with Crippen LogP contribution in [0.2, 0.25) is 0 Å². The second-order valence-electron chi connectivity index (χ2n) is 8.90. The summed E-state index contributed by atoms with van der Waals surface area (Å²) in [4.78, 5) is 13.7. The van der Waals surface area contributed by atoms with E-state index in [1.165, 1.54) is 6.07 Å².